The van der Waals surface area contributed by atoms with E-state index in [1.54, 1.807) is 44.4 Å². The third-order valence-corrected chi connectivity index (χ3v) is 5.19. The van der Waals surface area contributed by atoms with Crippen LogP contribution in [-0.2, 0) is 21.7 Å². The van der Waals surface area contributed by atoms with Crippen LogP contribution in [0.25, 0.3) is 0 Å². The van der Waals surface area contributed by atoms with Crippen molar-refractivity contribution in [3.8, 4) is 17.2 Å². The Hall–Kier alpha value is -3.75. The average molecular weight is 427 g/mol. The number of carbonyl (C=O) groups is 3. The zero-order valence-corrected chi connectivity index (χ0v) is 17.9. The Labute approximate surface area is 180 Å². The molecule has 2 aromatic rings. The fourth-order valence-electron chi connectivity index (χ4n) is 3.33. The number of methoxy groups -OCH3 is 3. The SMILES string of the molecule is COc1ccc(CNC(=O)CN2C(=O)N[C@@](C)(c3ccc(OC)c(OC)c3)C2=O)cc1. The van der Waals surface area contributed by atoms with Crippen molar-refractivity contribution in [1.82, 2.24) is 15.5 Å². The zero-order chi connectivity index (χ0) is 22.6. The molecule has 0 saturated carbocycles. The van der Waals surface area contributed by atoms with E-state index in [1.165, 1.54) is 14.2 Å². The molecule has 1 fully saturated rings. The quantitative estimate of drug-likeness (QED) is 0.623. The van der Waals surface area contributed by atoms with Crippen LogP contribution in [0, 0.1) is 0 Å². The van der Waals surface area contributed by atoms with Crippen molar-refractivity contribution in [2.24, 2.45) is 0 Å². The van der Waals surface area contributed by atoms with E-state index in [0.717, 1.165) is 10.5 Å². The molecule has 1 saturated heterocycles. The third kappa shape index (κ3) is 4.40. The topological polar surface area (TPSA) is 106 Å². The minimum atomic E-state index is -1.33. The van der Waals surface area contributed by atoms with Gasteiger partial charge in [0.05, 0.1) is 21.3 Å². The lowest BCUT2D eigenvalue weighted by Crippen LogP contribution is -2.43. The normalized spacial score (nSPS) is 17.9. The Morgan fingerprint density at radius 3 is 2.29 bits per heavy atom. The molecule has 1 aliphatic rings. The Morgan fingerprint density at radius 1 is 1.00 bits per heavy atom. The molecule has 0 aliphatic carbocycles. The highest BCUT2D eigenvalue weighted by atomic mass is 16.5. The van der Waals surface area contributed by atoms with Crippen molar-refractivity contribution in [3.63, 3.8) is 0 Å². The summed E-state index contributed by atoms with van der Waals surface area (Å²) >= 11 is 0. The maximum Gasteiger partial charge on any atom is 0.325 e. The molecule has 0 spiro atoms. The molecule has 0 unspecified atom stereocenters. The lowest BCUT2D eigenvalue weighted by molar-refractivity contribution is -0.134. The van der Waals surface area contributed by atoms with Gasteiger partial charge in [-0.3, -0.25) is 14.5 Å². The van der Waals surface area contributed by atoms with E-state index in [1.807, 2.05) is 12.1 Å². The summed E-state index contributed by atoms with van der Waals surface area (Å²) in [7, 11) is 4.57. The van der Waals surface area contributed by atoms with Gasteiger partial charge in [-0.15, -0.1) is 0 Å². The summed E-state index contributed by atoms with van der Waals surface area (Å²) in [5.41, 5.74) is 0.0542. The van der Waals surface area contributed by atoms with Crippen LogP contribution in [-0.4, -0.2) is 50.6 Å². The number of nitrogens with one attached hydrogen (secondary N) is 2. The summed E-state index contributed by atoms with van der Waals surface area (Å²) in [4.78, 5) is 38.8. The number of benzene rings is 2. The smallest absolute Gasteiger partial charge is 0.325 e. The highest BCUT2D eigenvalue weighted by Gasteiger charge is 2.49. The first-order valence-electron chi connectivity index (χ1n) is 9.58. The second-order valence-corrected chi connectivity index (χ2v) is 7.14. The van der Waals surface area contributed by atoms with Gasteiger partial charge in [-0.1, -0.05) is 18.2 Å². The van der Waals surface area contributed by atoms with E-state index >= 15 is 0 Å². The van der Waals surface area contributed by atoms with Crippen molar-refractivity contribution < 1.29 is 28.6 Å². The van der Waals surface area contributed by atoms with E-state index in [9.17, 15) is 14.4 Å². The minimum Gasteiger partial charge on any atom is -0.497 e. The number of nitrogens with zero attached hydrogens (tertiary/aromatic N) is 1. The monoisotopic (exact) mass is 427 g/mol. The van der Waals surface area contributed by atoms with Gasteiger partial charge in [-0.25, -0.2) is 4.79 Å². The molecule has 2 aromatic carbocycles. The van der Waals surface area contributed by atoms with Crippen LogP contribution in [0.4, 0.5) is 4.79 Å². The lowest BCUT2D eigenvalue weighted by atomic mass is 9.91. The minimum absolute atomic E-state index is 0.263. The molecule has 4 amide bonds. The number of ether oxygens (including phenoxy) is 3. The summed E-state index contributed by atoms with van der Waals surface area (Å²) in [5.74, 6) is 0.671. The standard InChI is InChI=1S/C22H25N3O6/c1-22(15-7-10-17(30-3)18(11-15)31-4)20(27)25(21(28)24-22)13-19(26)23-12-14-5-8-16(29-2)9-6-14/h5-11H,12-13H2,1-4H3,(H,23,26)(H,24,28)/t22-/m0/s1. The van der Waals surface area contributed by atoms with Gasteiger partial charge in [-0.05, 0) is 42.3 Å². The van der Waals surface area contributed by atoms with Crippen LogP contribution in [0.5, 0.6) is 17.2 Å². The van der Waals surface area contributed by atoms with Gasteiger partial charge < -0.3 is 24.8 Å². The van der Waals surface area contributed by atoms with Crippen LogP contribution in [0.15, 0.2) is 42.5 Å². The molecule has 9 heteroatoms. The fraction of sp³-hybridized carbons (Fsp3) is 0.318. The number of hydrogen-bond acceptors (Lipinski definition) is 6. The molecule has 3 rings (SSSR count). The molecule has 31 heavy (non-hydrogen) atoms. The number of amides is 4. The predicted molar refractivity (Wildman–Crippen MR) is 112 cm³/mol. The van der Waals surface area contributed by atoms with Gasteiger partial charge >= 0.3 is 6.03 Å². The molecule has 9 nitrogen and oxygen atoms in total. The van der Waals surface area contributed by atoms with Gasteiger partial charge in [0.15, 0.2) is 11.5 Å². The van der Waals surface area contributed by atoms with Crippen molar-refractivity contribution in [1.29, 1.82) is 0 Å². The van der Waals surface area contributed by atoms with Crippen molar-refractivity contribution in [3.05, 3.63) is 53.6 Å². The van der Waals surface area contributed by atoms with Gasteiger partial charge in [0.25, 0.3) is 5.91 Å². The summed E-state index contributed by atoms with van der Waals surface area (Å²) in [6.45, 7) is 1.47. The number of rotatable bonds is 8. The molecule has 2 N–H and O–H groups in total. The Kier molecular flexibility index (Phi) is 6.33. The number of carbonyl (C=O) groups excluding carboxylic acids is 3. The molecule has 1 atom stereocenters. The maximum absolute atomic E-state index is 13.0. The second kappa shape index (κ2) is 8.95. The average Bonchev–Trinajstić information content (AvgIpc) is 3.01. The molecular weight excluding hydrogens is 402 g/mol. The molecule has 1 aliphatic heterocycles. The highest BCUT2D eigenvalue weighted by molar-refractivity contribution is 6.09. The third-order valence-electron chi connectivity index (χ3n) is 5.19. The number of imide groups is 1. The first-order chi connectivity index (χ1) is 14.8. The van der Waals surface area contributed by atoms with Crippen LogP contribution >= 0.6 is 0 Å². The largest absolute Gasteiger partial charge is 0.497 e. The van der Waals surface area contributed by atoms with E-state index < -0.39 is 23.4 Å². The van der Waals surface area contributed by atoms with Crippen LogP contribution in [0.2, 0.25) is 0 Å². The fourth-order valence-corrected chi connectivity index (χ4v) is 3.33. The summed E-state index contributed by atoms with van der Waals surface area (Å²) < 4.78 is 15.6. The van der Waals surface area contributed by atoms with E-state index in [0.29, 0.717) is 22.8 Å². The van der Waals surface area contributed by atoms with Gasteiger partial charge in [0.2, 0.25) is 5.91 Å². The Morgan fingerprint density at radius 2 is 1.68 bits per heavy atom. The van der Waals surface area contributed by atoms with E-state index in [-0.39, 0.29) is 13.1 Å². The van der Waals surface area contributed by atoms with Gasteiger partial charge in [-0.2, -0.15) is 0 Å². The molecule has 0 bridgehead atoms. The lowest BCUT2D eigenvalue weighted by Gasteiger charge is -2.23. The first-order valence-corrected chi connectivity index (χ1v) is 9.58. The molecular formula is C22H25N3O6. The first kappa shape index (κ1) is 21.9. The summed E-state index contributed by atoms with van der Waals surface area (Å²) in [6, 6.07) is 11.5. The van der Waals surface area contributed by atoms with Crippen molar-refractivity contribution in [2.75, 3.05) is 27.9 Å². The van der Waals surface area contributed by atoms with Crippen molar-refractivity contribution >= 4 is 17.8 Å². The van der Waals surface area contributed by atoms with Crippen LogP contribution in [0.1, 0.15) is 18.1 Å². The zero-order valence-electron chi connectivity index (χ0n) is 17.9. The molecule has 0 aromatic heterocycles. The molecule has 0 radical (unpaired) electrons. The van der Waals surface area contributed by atoms with Gasteiger partial charge in [0.1, 0.15) is 17.8 Å². The van der Waals surface area contributed by atoms with E-state index in [2.05, 4.69) is 10.6 Å². The Bertz CT molecular complexity index is 991. The highest BCUT2D eigenvalue weighted by Crippen LogP contribution is 2.35. The Balaban J connectivity index is 1.68. The number of urea groups is 1. The molecule has 1 heterocycles. The predicted octanol–water partition coefficient (Wildman–Crippen LogP) is 1.80. The van der Waals surface area contributed by atoms with Gasteiger partial charge in [0, 0.05) is 6.54 Å². The van der Waals surface area contributed by atoms with Crippen molar-refractivity contribution in [2.45, 2.75) is 19.0 Å². The summed E-state index contributed by atoms with van der Waals surface area (Å²) in [5, 5.41) is 5.39. The summed E-state index contributed by atoms with van der Waals surface area (Å²) in [6.07, 6.45) is 0. The molecule has 164 valence electrons. The van der Waals surface area contributed by atoms with E-state index in [4.69, 9.17) is 14.2 Å². The van der Waals surface area contributed by atoms with Crippen LogP contribution in [0.3, 0.4) is 0 Å². The second-order valence-electron chi connectivity index (χ2n) is 7.14. The maximum atomic E-state index is 13.0. The van der Waals surface area contributed by atoms with Crippen LogP contribution < -0.4 is 24.8 Å². The number of hydrogen-bond donors (Lipinski definition) is 2.